The van der Waals surface area contributed by atoms with Crippen LogP contribution in [0.4, 0.5) is 11.6 Å². The van der Waals surface area contributed by atoms with Crippen molar-refractivity contribution in [3.05, 3.63) is 78.2 Å². The minimum atomic E-state index is 0.210. The number of nitrogen functional groups attached to an aromatic ring is 1. The molecule has 0 spiro atoms. The number of pyridine rings is 3. The van der Waals surface area contributed by atoms with Crippen molar-refractivity contribution in [3.63, 3.8) is 0 Å². The molecule has 3 N–H and O–H groups in total. The SMILES string of the molecule is N#Cc1c(N)nc2cnc(NCc3cccnc3)cc2c1-c1ccccc1. The Labute approximate surface area is 156 Å². The molecule has 0 aliphatic rings. The van der Waals surface area contributed by atoms with Crippen molar-refractivity contribution in [2.75, 3.05) is 11.1 Å². The van der Waals surface area contributed by atoms with Crippen molar-refractivity contribution in [2.45, 2.75) is 6.54 Å². The van der Waals surface area contributed by atoms with E-state index in [-0.39, 0.29) is 5.82 Å². The van der Waals surface area contributed by atoms with Gasteiger partial charge in [0.15, 0.2) is 0 Å². The number of nitrogens with one attached hydrogen (secondary N) is 1. The molecule has 130 valence electrons. The number of anilines is 2. The monoisotopic (exact) mass is 352 g/mol. The molecule has 0 fully saturated rings. The van der Waals surface area contributed by atoms with Crippen LogP contribution < -0.4 is 11.1 Å². The first-order valence-electron chi connectivity index (χ1n) is 8.44. The van der Waals surface area contributed by atoms with Crippen molar-refractivity contribution >= 4 is 22.5 Å². The van der Waals surface area contributed by atoms with Gasteiger partial charge in [-0.2, -0.15) is 5.26 Å². The highest BCUT2D eigenvalue weighted by Gasteiger charge is 2.15. The zero-order valence-corrected chi connectivity index (χ0v) is 14.4. The van der Waals surface area contributed by atoms with Crippen molar-refractivity contribution in [2.24, 2.45) is 0 Å². The fourth-order valence-electron chi connectivity index (χ4n) is 3.00. The summed E-state index contributed by atoms with van der Waals surface area (Å²) in [5, 5.41) is 13.8. The average molecular weight is 352 g/mol. The van der Waals surface area contributed by atoms with Crippen LogP contribution in [-0.2, 0) is 6.54 Å². The normalized spacial score (nSPS) is 10.5. The Morgan fingerprint density at radius 1 is 1.07 bits per heavy atom. The standard InChI is InChI=1S/C21H16N6/c22-10-17-20(15-6-2-1-3-7-15)16-9-19(26-13-18(16)27-21(17)23)25-12-14-5-4-8-24-11-14/h1-9,11,13H,12H2,(H2,23,27)(H,25,26). The topological polar surface area (TPSA) is 101 Å². The smallest absolute Gasteiger partial charge is 0.142 e. The predicted octanol–water partition coefficient (Wildman–Crippen LogP) is 3.76. The molecule has 0 saturated heterocycles. The molecule has 0 saturated carbocycles. The van der Waals surface area contributed by atoms with Gasteiger partial charge in [0, 0.05) is 29.9 Å². The molecule has 4 rings (SSSR count). The summed E-state index contributed by atoms with van der Waals surface area (Å²) in [5.74, 6) is 0.903. The van der Waals surface area contributed by atoms with E-state index in [4.69, 9.17) is 5.73 Å². The number of hydrogen-bond donors (Lipinski definition) is 2. The molecular weight excluding hydrogens is 336 g/mol. The van der Waals surface area contributed by atoms with E-state index in [1.807, 2.05) is 48.5 Å². The van der Waals surface area contributed by atoms with Gasteiger partial charge in [-0.1, -0.05) is 36.4 Å². The molecule has 27 heavy (non-hydrogen) atoms. The summed E-state index contributed by atoms with van der Waals surface area (Å²) in [7, 11) is 0. The van der Waals surface area contributed by atoms with Gasteiger partial charge in [-0.25, -0.2) is 9.97 Å². The summed E-state index contributed by atoms with van der Waals surface area (Å²) in [6, 6.07) is 17.7. The van der Waals surface area contributed by atoms with Gasteiger partial charge in [0.2, 0.25) is 0 Å². The van der Waals surface area contributed by atoms with Gasteiger partial charge in [0.1, 0.15) is 23.3 Å². The molecule has 0 aliphatic heterocycles. The van der Waals surface area contributed by atoms with Crippen molar-refractivity contribution in [1.82, 2.24) is 15.0 Å². The van der Waals surface area contributed by atoms with Gasteiger partial charge >= 0.3 is 0 Å². The van der Waals surface area contributed by atoms with Gasteiger partial charge in [0.25, 0.3) is 0 Å². The molecule has 6 heteroatoms. The van der Waals surface area contributed by atoms with Gasteiger partial charge in [-0.3, -0.25) is 4.98 Å². The molecule has 0 aliphatic carbocycles. The Balaban J connectivity index is 1.82. The minimum absolute atomic E-state index is 0.210. The molecule has 0 bridgehead atoms. The van der Waals surface area contributed by atoms with Crippen LogP contribution in [0.5, 0.6) is 0 Å². The van der Waals surface area contributed by atoms with Crippen LogP contribution in [0.15, 0.2) is 67.1 Å². The van der Waals surface area contributed by atoms with Crippen LogP contribution in [0.2, 0.25) is 0 Å². The number of nitrogens with two attached hydrogens (primary N) is 1. The van der Waals surface area contributed by atoms with Gasteiger partial charge in [-0.05, 0) is 23.3 Å². The van der Waals surface area contributed by atoms with E-state index >= 15 is 0 Å². The third kappa shape index (κ3) is 3.26. The van der Waals surface area contributed by atoms with Crippen LogP contribution in [0, 0.1) is 11.3 Å². The summed E-state index contributed by atoms with van der Waals surface area (Å²) < 4.78 is 0. The number of nitriles is 1. The number of aromatic nitrogens is 3. The fraction of sp³-hybridized carbons (Fsp3) is 0.0476. The van der Waals surface area contributed by atoms with E-state index in [0.29, 0.717) is 23.4 Å². The van der Waals surface area contributed by atoms with Gasteiger partial charge in [0.05, 0.1) is 11.7 Å². The van der Waals surface area contributed by atoms with Crippen molar-refractivity contribution in [3.8, 4) is 17.2 Å². The molecule has 3 aromatic heterocycles. The molecule has 0 atom stereocenters. The fourth-order valence-corrected chi connectivity index (χ4v) is 3.00. The molecular formula is C21H16N6. The molecule has 1 aromatic carbocycles. The number of rotatable bonds is 4. The van der Waals surface area contributed by atoms with Gasteiger partial charge in [-0.15, -0.1) is 0 Å². The van der Waals surface area contributed by atoms with Crippen LogP contribution >= 0.6 is 0 Å². The maximum absolute atomic E-state index is 9.63. The van der Waals surface area contributed by atoms with Crippen molar-refractivity contribution in [1.29, 1.82) is 5.26 Å². The highest BCUT2D eigenvalue weighted by molar-refractivity contribution is 6.00. The summed E-state index contributed by atoms with van der Waals surface area (Å²) in [6.45, 7) is 0.598. The first-order valence-corrected chi connectivity index (χ1v) is 8.44. The third-order valence-corrected chi connectivity index (χ3v) is 4.27. The molecule has 3 heterocycles. The molecule has 6 nitrogen and oxygen atoms in total. The van der Waals surface area contributed by atoms with Crippen LogP contribution in [-0.4, -0.2) is 15.0 Å². The van der Waals surface area contributed by atoms with E-state index in [1.54, 1.807) is 18.6 Å². The Morgan fingerprint density at radius 2 is 1.93 bits per heavy atom. The first-order chi connectivity index (χ1) is 13.3. The van der Waals surface area contributed by atoms with Crippen LogP contribution in [0.25, 0.3) is 22.0 Å². The number of hydrogen-bond acceptors (Lipinski definition) is 6. The lowest BCUT2D eigenvalue weighted by atomic mass is 9.97. The van der Waals surface area contributed by atoms with E-state index in [1.165, 1.54) is 0 Å². The zero-order valence-electron chi connectivity index (χ0n) is 14.4. The lowest BCUT2D eigenvalue weighted by Crippen LogP contribution is -2.03. The van der Waals surface area contributed by atoms with Crippen LogP contribution in [0.3, 0.4) is 0 Å². The highest BCUT2D eigenvalue weighted by Crippen LogP contribution is 2.34. The lowest BCUT2D eigenvalue weighted by molar-refractivity contribution is 1.09. The lowest BCUT2D eigenvalue weighted by Gasteiger charge is -2.12. The Kier molecular flexibility index (Phi) is 4.33. The number of fused-ring (bicyclic) bond motifs is 1. The van der Waals surface area contributed by atoms with Crippen LogP contribution in [0.1, 0.15) is 11.1 Å². The van der Waals surface area contributed by atoms with E-state index in [9.17, 15) is 5.26 Å². The summed E-state index contributed by atoms with van der Waals surface area (Å²) in [6.07, 6.45) is 5.22. The van der Waals surface area contributed by atoms with Gasteiger partial charge < -0.3 is 11.1 Å². The molecule has 0 radical (unpaired) electrons. The molecule has 0 amide bonds. The second-order valence-corrected chi connectivity index (χ2v) is 6.03. The Bertz CT molecular complexity index is 1130. The number of benzene rings is 1. The first kappa shape index (κ1) is 16.5. The largest absolute Gasteiger partial charge is 0.383 e. The second kappa shape index (κ2) is 7.10. The Hall–Kier alpha value is -3.98. The maximum Gasteiger partial charge on any atom is 0.142 e. The zero-order chi connectivity index (χ0) is 18.6. The highest BCUT2D eigenvalue weighted by atomic mass is 15.0. The van der Waals surface area contributed by atoms with E-state index in [2.05, 4.69) is 26.3 Å². The maximum atomic E-state index is 9.63. The van der Waals surface area contributed by atoms with E-state index < -0.39 is 0 Å². The summed E-state index contributed by atoms with van der Waals surface area (Å²) >= 11 is 0. The Morgan fingerprint density at radius 3 is 2.67 bits per heavy atom. The second-order valence-electron chi connectivity index (χ2n) is 6.03. The number of nitrogens with zero attached hydrogens (tertiary/aromatic N) is 4. The third-order valence-electron chi connectivity index (χ3n) is 4.27. The van der Waals surface area contributed by atoms with Crippen molar-refractivity contribution < 1.29 is 0 Å². The average Bonchev–Trinajstić information content (AvgIpc) is 2.72. The predicted molar refractivity (Wildman–Crippen MR) is 106 cm³/mol. The summed E-state index contributed by atoms with van der Waals surface area (Å²) in [5.41, 5.74) is 9.78. The summed E-state index contributed by atoms with van der Waals surface area (Å²) in [4.78, 5) is 12.9. The molecule has 4 aromatic rings. The quantitative estimate of drug-likeness (QED) is 0.580. The molecule has 0 unspecified atom stereocenters. The minimum Gasteiger partial charge on any atom is -0.383 e. The van der Waals surface area contributed by atoms with E-state index in [0.717, 1.165) is 22.1 Å².